The van der Waals surface area contributed by atoms with Gasteiger partial charge in [0.2, 0.25) is 5.91 Å². The van der Waals surface area contributed by atoms with Crippen molar-refractivity contribution in [1.82, 2.24) is 16.0 Å². The maximum atomic E-state index is 12.0. The smallest absolute Gasteiger partial charge is 0.315 e. The molecule has 1 aromatic carbocycles. The fourth-order valence-electron chi connectivity index (χ4n) is 2.37. The Morgan fingerprint density at radius 3 is 2.52 bits per heavy atom. The van der Waals surface area contributed by atoms with E-state index in [0.717, 1.165) is 16.9 Å². The van der Waals surface area contributed by atoms with Crippen LogP contribution in [0.4, 0.5) is 4.79 Å². The van der Waals surface area contributed by atoms with E-state index in [0.29, 0.717) is 25.9 Å². The molecule has 0 aromatic heterocycles. The number of hydrogen-bond acceptors (Lipinski definition) is 3. The molecule has 0 heterocycles. The maximum absolute atomic E-state index is 12.0. The molecule has 0 fully saturated rings. The zero-order chi connectivity index (χ0) is 18.1. The van der Waals surface area contributed by atoms with Gasteiger partial charge in [-0.15, -0.1) is 0 Å². The second kappa shape index (κ2) is 9.52. The first-order valence-electron chi connectivity index (χ1n) is 8.42. The number of methoxy groups -OCH3 is 1. The Hall–Kier alpha value is -2.76. The lowest BCUT2D eigenvalue weighted by Crippen LogP contribution is -2.41. The van der Waals surface area contributed by atoms with Crippen molar-refractivity contribution in [1.29, 1.82) is 0 Å². The van der Waals surface area contributed by atoms with E-state index in [9.17, 15) is 9.59 Å². The molecule has 1 atom stereocenters. The van der Waals surface area contributed by atoms with Crippen molar-refractivity contribution < 1.29 is 14.3 Å². The number of rotatable bonds is 7. The molecule has 1 unspecified atom stereocenters. The van der Waals surface area contributed by atoms with Crippen LogP contribution in [0.2, 0.25) is 0 Å². The summed E-state index contributed by atoms with van der Waals surface area (Å²) in [5.74, 6) is 0.825. The van der Waals surface area contributed by atoms with Crippen LogP contribution >= 0.6 is 0 Å². The van der Waals surface area contributed by atoms with Gasteiger partial charge in [0.1, 0.15) is 5.75 Å². The molecule has 0 saturated carbocycles. The van der Waals surface area contributed by atoms with Crippen molar-refractivity contribution in [3.05, 3.63) is 53.6 Å². The van der Waals surface area contributed by atoms with E-state index in [1.165, 1.54) is 0 Å². The summed E-state index contributed by atoms with van der Waals surface area (Å²) < 4.78 is 5.10. The first-order chi connectivity index (χ1) is 12.1. The average Bonchev–Trinajstić information content (AvgIpc) is 2.66. The summed E-state index contributed by atoms with van der Waals surface area (Å²) in [6.45, 7) is 2.81. The summed E-state index contributed by atoms with van der Waals surface area (Å²) in [4.78, 5) is 23.2. The Morgan fingerprint density at radius 2 is 1.92 bits per heavy atom. The largest absolute Gasteiger partial charge is 0.497 e. The molecule has 2 rings (SSSR count). The van der Waals surface area contributed by atoms with E-state index in [1.807, 2.05) is 49.4 Å². The fourth-order valence-corrected chi connectivity index (χ4v) is 2.37. The van der Waals surface area contributed by atoms with Crippen LogP contribution in [0.3, 0.4) is 0 Å². The summed E-state index contributed by atoms with van der Waals surface area (Å²) in [5, 5.41) is 8.59. The van der Waals surface area contributed by atoms with E-state index in [4.69, 9.17) is 4.74 Å². The van der Waals surface area contributed by atoms with E-state index in [-0.39, 0.29) is 18.0 Å². The SMILES string of the molecule is CCC(=O)NCC1=CCC(NC(=O)NCc2ccc(OC)cc2)C=C1. The minimum Gasteiger partial charge on any atom is -0.497 e. The van der Waals surface area contributed by atoms with Crippen molar-refractivity contribution >= 4 is 11.9 Å². The van der Waals surface area contributed by atoms with Gasteiger partial charge in [-0.1, -0.05) is 37.3 Å². The minimum atomic E-state index is -0.207. The molecule has 6 nitrogen and oxygen atoms in total. The molecule has 3 amide bonds. The Bertz CT molecular complexity index is 650. The number of nitrogens with one attached hydrogen (secondary N) is 3. The standard InChI is InChI=1S/C19H25N3O3/c1-3-18(23)20-12-14-4-8-16(9-5-14)22-19(24)21-13-15-6-10-17(25-2)11-7-15/h4-8,10-11,16H,3,9,12-13H2,1-2H3,(H,20,23)(H2,21,22,24). The number of hydrogen-bond donors (Lipinski definition) is 3. The summed E-state index contributed by atoms with van der Waals surface area (Å²) in [6, 6.07) is 7.31. The third-order valence-electron chi connectivity index (χ3n) is 3.92. The van der Waals surface area contributed by atoms with Crippen LogP contribution in [-0.4, -0.2) is 31.6 Å². The van der Waals surface area contributed by atoms with Crippen molar-refractivity contribution in [3.8, 4) is 5.75 Å². The highest BCUT2D eigenvalue weighted by atomic mass is 16.5. The van der Waals surface area contributed by atoms with Gasteiger partial charge in [0.25, 0.3) is 0 Å². The fraction of sp³-hybridized carbons (Fsp3) is 0.368. The number of amides is 3. The van der Waals surface area contributed by atoms with Crippen LogP contribution < -0.4 is 20.7 Å². The van der Waals surface area contributed by atoms with Crippen LogP contribution in [0.15, 0.2) is 48.1 Å². The zero-order valence-corrected chi connectivity index (χ0v) is 14.7. The van der Waals surface area contributed by atoms with Crippen LogP contribution in [0, 0.1) is 0 Å². The van der Waals surface area contributed by atoms with Crippen LogP contribution in [0.1, 0.15) is 25.3 Å². The monoisotopic (exact) mass is 343 g/mol. The Morgan fingerprint density at radius 1 is 1.16 bits per heavy atom. The van der Waals surface area contributed by atoms with Gasteiger partial charge < -0.3 is 20.7 Å². The normalized spacial score (nSPS) is 15.9. The van der Waals surface area contributed by atoms with Gasteiger partial charge in [-0.25, -0.2) is 4.79 Å². The summed E-state index contributed by atoms with van der Waals surface area (Å²) in [7, 11) is 1.62. The molecule has 0 aliphatic heterocycles. The molecule has 6 heteroatoms. The van der Waals surface area contributed by atoms with Crippen molar-refractivity contribution in [2.24, 2.45) is 0 Å². The molecule has 1 aliphatic rings. The predicted octanol–water partition coefficient (Wildman–Crippen LogP) is 2.28. The summed E-state index contributed by atoms with van der Waals surface area (Å²) in [5.41, 5.74) is 2.06. The highest BCUT2D eigenvalue weighted by molar-refractivity contribution is 5.76. The van der Waals surface area contributed by atoms with Gasteiger partial charge in [-0.05, 0) is 29.7 Å². The molecule has 134 valence electrons. The molecule has 0 spiro atoms. The van der Waals surface area contributed by atoms with Crippen LogP contribution in [0.5, 0.6) is 5.75 Å². The Balaban J connectivity index is 1.70. The number of benzene rings is 1. The number of carbonyl (C=O) groups excluding carboxylic acids is 2. The van der Waals surface area contributed by atoms with Crippen LogP contribution in [0.25, 0.3) is 0 Å². The molecule has 0 saturated heterocycles. The molecule has 25 heavy (non-hydrogen) atoms. The Kier molecular flexibility index (Phi) is 7.07. The predicted molar refractivity (Wildman–Crippen MR) is 97.3 cm³/mol. The third-order valence-corrected chi connectivity index (χ3v) is 3.92. The van der Waals surface area contributed by atoms with E-state index in [2.05, 4.69) is 16.0 Å². The highest BCUT2D eigenvalue weighted by Crippen LogP contribution is 2.12. The van der Waals surface area contributed by atoms with E-state index in [1.54, 1.807) is 7.11 Å². The van der Waals surface area contributed by atoms with Gasteiger partial charge in [0.05, 0.1) is 13.2 Å². The lowest BCUT2D eigenvalue weighted by molar-refractivity contribution is -0.120. The quantitative estimate of drug-likeness (QED) is 0.710. The highest BCUT2D eigenvalue weighted by Gasteiger charge is 2.12. The molecular formula is C19H25N3O3. The van der Waals surface area contributed by atoms with Crippen molar-refractivity contribution in [3.63, 3.8) is 0 Å². The minimum absolute atomic E-state index is 0.0347. The second-order valence-electron chi connectivity index (χ2n) is 5.79. The maximum Gasteiger partial charge on any atom is 0.315 e. The summed E-state index contributed by atoms with van der Waals surface area (Å²) in [6.07, 6.45) is 7.11. The van der Waals surface area contributed by atoms with Gasteiger partial charge in [-0.2, -0.15) is 0 Å². The number of urea groups is 1. The molecule has 1 aromatic rings. The second-order valence-corrected chi connectivity index (χ2v) is 5.79. The van der Waals surface area contributed by atoms with E-state index < -0.39 is 0 Å². The lowest BCUT2D eigenvalue weighted by atomic mass is 10.0. The van der Waals surface area contributed by atoms with Gasteiger partial charge in [-0.3, -0.25) is 4.79 Å². The topological polar surface area (TPSA) is 79.5 Å². The van der Waals surface area contributed by atoms with E-state index >= 15 is 0 Å². The van der Waals surface area contributed by atoms with Gasteiger partial charge in [0.15, 0.2) is 0 Å². The zero-order valence-electron chi connectivity index (χ0n) is 14.7. The first-order valence-corrected chi connectivity index (χ1v) is 8.42. The molecule has 3 N–H and O–H groups in total. The summed E-state index contributed by atoms with van der Waals surface area (Å²) >= 11 is 0. The Labute approximate surface area is 148 Å². The van der Waals surface area contributed by atoms with Gasteiger partial charge >= 0.3 is 6.03 Å². The molecule has 0 bridgehead atoms. The number of carbonyl (C=O) groups is 2. The molecule has 1 aliphatic carbocycles. The molecule has 0 radical (unpaired) electrons. The third kappa shape index (κ3) is 6.33. The average molecular weight is 343 g/mol. The van der Waals surface area contributed by atoms with Crippen molar-refractivity contribution in [2.45, 2.75) is 32.4 Å². The van der Waals surface area contributed by atoms with Crippen molar-refractivity contribution in [2.75, 3.05) is 13.7 Å². The van der Waals surface area contributed by atoms with Gasteiger partial charge in [0, 0.05) is 19.5 Å². The first kappa shape index (κ1) is 18.6. The lowest BCUT2D eigenvalue weighted by Gasteiger charge is -2.18. The molecular weight excluding hydrogens is 318 g/mol. The van der Waals surface area contributed by atoms with Crippen LogP contribution in [-0.2, 0) is 11.3 Å². The number of ether oxygens (including phenoxy) is 1.